The molecule has 9 heteroatoms. The van der Waals surface area contributed by atoms with Crippen LogP contribution >= 0.6 is 0 Å². The summed E-state index contributed by atoms with van der Waals surface area (Å²) in [6.45, 7) is 7.98. The maximum Gasteiger partial charge on any atom is 0.206 e. The summed E-state index contributed by atoms with van der Waals surface area (Å²) >= 11 is 0. The monoisotopic (exact) mass is 607 g/mol. The van der Waals surface area contributed by atoms with Crippen LogP contribution in [0.2, 0.25) is 0 Å². The Balaban J connectivity index is 1.03. The van der Waals surface area contributed by atoms with Crippen LogP contribution in [0.5, 0.6) is 17.2 Å². The molecule has 0 spiro atoms. The zero-order valence-corrected chi connectivity index (χ0v) is 25.9. The Morgan fingerprint density at radius 3 is 1.77 bits per heavy atom. The molecule has 3 aromatic carbocycles. The van der Waals surface area contributed by atoms with Crippen molar-refractivity contribution in [1.82, 2.24) is 15.1 Å². The Morgan fingerprint density at radius 2 is 1.26 bits per heavy atom. The maximum atomic E-state index is 12.9. The van der Waals surface area contributed by atoms with Crippen molar-refractivity contribution in [2.24, 2.45) is 11.8 Å². The molecule has 0 radical (unpaired) electrons. The lowest BCUT2D eigenvalue weighted by atomic mass is 9.78. The zero-order chi connectivity index (χ0) is 30.2. The van der Waals surface area contributed by atoms with E-state index in [4.69, 9.17) is 4.74 Å². The molecule has 0 aliphatic carbocycles. The van der Waals surface area contributed by atoms with Gasteiger partial charge in [0.1, 0.15) is 5.75 Å². The number of aromatic hydroxyl groups is 2. The lowest BCUT2D eigenvalue weighted by Crippen LogP contribution is -2.40. The van der Waals surface area contributed by atoms with Crippen molar-refractivity contribution < 1.29 is 23.4 Å². The molecule has 232 valence electrons. The molecular formula is C34H45N3O5S. The fraction of sp³-hybridized carbons (Fsp3) is 0.471. The Kier molecular flexibility index (Phi) is 10.6. The lowest BCUT2D eigenvalue weighted by molar-refractivity contribution is 0.0909. The van der Waals surface area contributed by atoms with Crippen LogP contribution in [0.4, 0.5) is 0 Å². The lowest BCUT2D eigenvalue weighted by Gasteiger charge is -2.40. The normalized spacial score (nSPS) is 17.7. The van der Waals surface area contributed by atoms with Crippen LogP contribution in [0.15, 0.2) is 76.5 Å². The van der Waals surface area contributed by atoms with Crippen LogP contribution in [0.1, 0.15) is 43.2 Å². The van der Waals surface area contributed by atoms with Crippen molar-refractivity contribution in [3.63, 3.8) is 0 Å². The summed E-state index contributed by atoms with van der Waals surface area (Å²) in [5, 5.41) is 22.4. The van der Waals surface area contributed by atoms with Gasteiger partial charge < -0.3 is 20.3 Å². The molecule has 0 unspecified atom stereocenters. The van der Waals surface area contributed by atoms with E-state index in [1.54, 1.807) is 12.1 Å². The minimum absolute atomic E-state index is 0.0426. The minimum atomic E-state index is -3.77. The highest BCUT2D eigenvalue weighted by Crippen LogP contribution is 2.34. The smallest absolute Gasteiger partial charge is 0.206 e. The highest BCUT2D eigenvalue weighted by atomic mass is 32.2. The van der Waals surface area contributed by atoms with Crippen molar-refractivity contribution in [2.45, 2.75) is 55.0 Å². The number of piperidine rings is 2. The van der Waals surface area contributed by atoms with E-state index in [1.807, 2.05) is 19.2 Å². The third-order valence-electron chi connectivity index (χ3n) is 9.00. The second-order valence-electron chi connectivity index (χ2n) is 12.0. The van der Waals surface area contributed by atoms with E-state index in [-0.39, 0.29) is 15.5 Å². The highest BCUT2D eigenvalue weighted by Gasteiger charge is 2.29. The van der Waals surface area contributed by atoms with Gasteiger partial charge in [-0.25, -0.2) is 8.42 Å². The molecule has 0 aromatic heterocycles. The predicted octanol–water partition coefficient (Wildman–Crippen LogP) is 5.04. The standard InChI is InChI=1S/C34H45N3O5S/c1-35-17-2-22-42-30-7-3-26(4-8-30)24-36-18-13-28(14-19-36)29-15-20-37(21-16-29)25-27-5-9-31(10-6-27)43(40,41)32-11-12-33(38)34(39)23-32/h3-12,23,28-29,35,38-39H,2,13-22,24-25H2,1H3. The second kappa shape index (κ2) is 14.6. The van der Waals surface area contributed by atoms with Crippen molar-refractivity contribution >= 4 is 9.84 Å². The molecule has 2 saturated heterocycles. The van der Waals surface area contributed by atoms with Crippen LogP contribution in [0.25, 0.3) is 0 Å². The van der Waals surface area contributed by atoms with Gasteiger partial charge in [-0.1, -0.05) is 24.3 Å². The largest absolute Gasteiger partial charge is 0.504 e. The SMILES string of the molecule is CNCCCOc1ccc(CN2CCC(C3CCN(Cc4ccc(S(=O)(=O)c5ccc(O)c(O)c5)cc4)CC3)CC2)cc1. The number of phenolic OH excluding ortho intramolecular Hbond substituents is 2. The summed E-state index contributed by atoms with van der Waals surface area (Å²) < 4.78 is 31.7. The third kappa shape index (κ3) is 8.29. The number of rotatable bonds is 12. The van der Waals surface area contributed by atoms with E-state index in [0.29, 0.717) is 0 Å². The molecule has 5 rings (SSSR count). The van der Waals surface area contributed by atoms with Gasteiger partial charge in [-0.15, -0.1) is 0 Å². The number of hydrogen-bond acceptors (Lipinski definition) is 8. The molecule has 0 saturated carbocycles. The highest BCUT2D eigenvalue weighted by molar-refractivity contribution is 7.91. The number of benzene rings is 3. The summed E-state index contributed by atoms with van der Waals surface area (Å²) in [4.78, 5) is 5.19. The van der Waals surface area contributed by atoms with Crippen LogP contribution in [0.3, 0.4) is 0 Å². The van der Waals surface area contributed by atoms with Crippen molar-refractivity contribution in [3.05, 3.63) is 77.9 Å². The molecule has 2 fully saturated rings. The molecule has 3 aromatic rings. The van der Waals surface area contributed by atoms with Gasteiger partial charge in [-0.3, -0.25) is 9.80 Å². The first-order valence-electron chi connectivity index (χ1n) is 15.5. The molecule has 0 bridgehead atoms. The van der Waals surface area contributed by atoms with Crippen molar-refractivity contribution in [1.29, 1.82) is 0 Å². The number of ether oxygens (including phenoxy) is 1. The average Bonchev–Trinajstić information content (AvgIpc) is 3.02. The summed E-state index contributed by atoms with van der Waals surface area (Å²) in [5.41, 5.74) is 2.44. The summed E-state index contributed by atoms with van der Waals surface area (Å²) in [6, 6.07) is 19.2. The zero-order valence-electron chi connectivity index (χ0n) is 25.1. The van der Waals surface area contributed by atoms with Gasteiger partial charge in [0, 0.05) is 19.2 Å². The third-order valence-corrected chi connectivity index (χ3v) is 10.8. The topological polar surface area (TPSA) is 102 Å². The second-order valence-corrected chi connectivity index (χ2v) is 13.9. The molecule has 3 N–H and O–H groups in total. The van der Waals surface area contributed by atoms with Gasteiger partial charge in [-0.05, 0) is 131 Å². The summed E-state index contributed by atoms with van der Waals surface area (Å²) in [7, 11) is -1.81. The average molecular weight is 608 g/mol. The van der Waals surface area contributed by atoms with Gasteiger partial charge >= 0.3 is 0 Å². The van der Waals surface area contributed by atoms with Crippen LogP contribution in [-0.2, 0) is 22.9 Å². The number of sulfone groups is 1. The van der Waals surface area contributed by atoms with Gasteiger partial charge in [0.15, 0.2) is 11.5 Å². The fourth-order valence-electron chi connectivity index (χ4n) is 6.39. The first-order chi connectivity index (χ1) is 20.8. The number of likely N-dealkylation sites (tertiary alicyclic amines) is 2. The number of phenols is 2. The van der Waals surface area contributed by atoms with Gasteiger partial charge in [0.2, 0.25) is 9.84 Å². The first-order valence-corrected chi connectivity index (χ1v) is 17.0. The molecule has 2 heterocycles. The molecule has 8 nitrogen and oxygen atoms in total. The first kappa shape index (κ1) is 31.3. The van der Waals surface area contributed by atoms with Crippen LogP contribution in [-0.4, -0.2) is 74.8 Å². The number of hydrogen-bond donors (Lipinski definition) is 3. The molecule has 43 heavy (non-hydrogen) atoms. The summed E-state index contributed by atoms with van der Waals surface area (Å²) in [6.07, 6.45) is 5.98. The van der Waals surface area contributed by atoms with E-state index < -0.39 is 15.6 Å². The van der Waals surface area contributed by atoms with E-state index in [2.05, 4.69) is 39.4 Å². The molecule has 2 aliphatic rings. The van der Waals surface area contributed by atoms with Gasteiger partial charge in [0.25, 0.3) is 0 Å². The maximum absolute atomic E-state index is 12.9. The van der Waals surface area contributed by atoms with Gasteiger partial charge in [-0.2, -0.15) is 0 Å². The van der Waals surface area contributed by atoms with E-state index >= 15 is 0 Å². The molecule has 0 atom stereocenters. The molecule has 2 aliphatic heterocycles. The predicted molar refractivity (Wildman–Crippen MR) is 168 cm³/mol. The van der Waals surface area contributed by atoms with Gasteiger partial charge in [0.05, 0.1) is 16.4 Å². The number of nitrogens with one attached hydrogen (secondary N) is 1. The van der Waals surface area contributed by atoms with Crippen LogP contribution < -0.4 is 10.1 Å². The Hall–Kier alpha value is -3.11. The Labute approximate surface area is 256 Å². The van der Waals surface area contributed by atoms with E-state index in [0.717, 1.165) is 88.1 Å². The van der Waals surface area contributed by atoms with Crippen molar-refractivity contribution in [3.8, 4) is 17.2 Å². The Morgan fingerprint density at radius 1 is 0.744 bits per heavy atom. The van der Waals surface area contributed by atoms with Crippen molar-refractivity contribution in [2.75, 3.05) is 46.4 Å². The molecular weight excluding hydrogens is 562 g/mol. The summed E-state index contributed by atoms with van der Waals surface area (Å²) in [5.74, 6) is 1.74. The van der Waals surface area contributed by atoms with Crippen LogP contribution in [0, 0.1) is 11.8 Å². The Bertz CT molecular complexity index is 1410. The fourth-order valence-corrected chi connectivity index (χ4v) is 7.67. The number of nitrogens with zero attached hydrogens (tertiary/aromatic N) is 2. The quantitative estimate of drug-likeness (QED) is 0.194. The minimum Gasteiger partial charge on any atom is -0.504 e. The van der Waals surface area contributed by atoms with E-state index in [9.17, 15) is 18.6 Å². The molecule has 0 amide bonds. The van der Waals surface area contributed by atoms with E-state index in [1.165, 1.54) is 43.4 Å².